The van der Waals surface area contributed by atoms with Crippen molar-refractivity contribution < 1.29 is 8.42 Å². The number of aromatic nitrogens is 1. The first kappa shape index (κ1) is 15.1. The summed E-state index contributed by atoms with van der Waals surface area (Å²) in [5.41, 5.74) is 3.11. The van der Waals surface area contributed by atoms with E-state index in [-0.39, 0.29) is 4.90 Å². The number of benzene rings is 1. The fourth-order valence-electron chi connectivity index (χ4n) is 2.18. The minimum absolute atomic E-state index is 0.277. The van der Waals surface area contributed by atoms with Crippen molar-refractivity contribution in [1.82, 2.24) is 4.57 Å². The Labute approximate surface area is 124 Å². The van der Waals surface area contributed by atoms with E-state index >= 15 is 0 Å². The molecule has 2 rings (SSSR count). The van der Waals surface area contributed by atoms with Crippen molar-refractivity contribution in [2.75, 3.05) is 11.6 Å². The second kappa shape index (κ2) is 5.62. The fraction of sp³-hybridized carbons (Fsp3) is 0.267. The lowest BCUT2D eigenvalue weighted by Crippen LogP contribution is -2.06. The summed E-state index contributed by atoms with van der Waals surface area (Å²) >= 11 is 0. The third kappa shape index (κ3) is 3.09. The van der Waals surface area contributed by atoms with Crippen molar-refractivity contribution in [2.24, 2.45) is 7.05 Å². The number of nitriles is 1. The fourth-order valence-corrected chi connectivity index (χ4v) is 3.04. The number of nitrogens with zero attached hydrogens (tertiary/aromatic N) is 2. The maximum Gasteiger partial charge on any atom is 0.177 e. The highest BCUT2D eigenvalue weighted by molar-refractivity contribution is 7.90. The lowest BCUT2D eigenvalue weighted by atomic mass is 10.2. The van der Waals surface area contributed by atoms with E-state index in [1.165, 1.54) is 6.26 Å². The summed E-state index contributed by atoms with van der Waals surface area (Å²) < 4.78 is 25.3. The molecule has 0 saturated carbocycles. The van der Waals surface area contributed by atoms with Gasteiger partial charge in [0, 0.05) is 25.5 Å². The number of anilines is 1. The Bertz CT molecular complexity index is 814. The Morgan fingerprint density at radius 3 is 2.57 bits per heavy atom. The molecular weight excluding hydrogens is 286 g/mol. The van der Waals surface area contributed by atoms with E-state index in [9.17, 15) is 8.42 Å². The van der Waals surface area contributed by atoms with Crippen LogP contribution in [0.4, 0.5) is 5.69 Å². The minimum Gasteiger partial charge on any atom is -0.380 e. The molecule has 0 saturated heterocycles. The summed E-state index contributed by atoms with van der Waals surface area (Å²) in [5.74, 6) is 0. The molecule has 21 heavy (non-hydrogen) atoms. The monoisotopic (exact) mass is 303 g/mol. The van der Waals surface area contributed by atoms with Crippen LogP contribution in [0, 0.1) is 18.3 Å². The Morgan fingerprint density at radius 2 is 2.00 bits per heavy atom. The molecule has 2 aromatic rings. The molecule has 0 fully saturated rings. The standard InChI is InChI=1S/C15H17N3O2S/c1-11-12(8-13(9-16)18(11)2)10-17-14-6-4-5-7-15(14)21(3,19)20/h4-8,17H,10H2,1-3H3. The molecule has 0 unspecified atom stereocenters. The second-order valence-electron chi connectivity index (χ2n) is 4.93. The molecule has 1 heterocycles. The minimum atomic E-state index is -3.28. The molecule has 0 aliphatic rings. The summed E-state index contributed by atoms with van der Waals surface area (Å²) in [6.07, 6.45) is 1.19. The van der Waals surface area contributed by atoms with Crippen LogP contribution in [0.15, 0.2) is 35.2 Å². The predicted octanol–water partition coefficient (Wildman–Crippen LogP) is 2.22. The van der Waals surface area contributed by atoms with Crippen molar-refractivity contribution >= 4 is 15.5 Å². The van der Waals surface area contributed by atoms with Crippen molar-refractivity contribution in [3.63, 3.8) is 0 Å². The van der Waals surface area contributed by atoms with Crippen molar-refractivity contribution in [3.8, 4) is 6.07 Å². The molecule has 1 aromatic heterocycles. The van der Waals surface area contributed by atoms with Crippen LogP contribution in [0.5, 0.6) is 0 Å². The van der Waals surface area contributed by atoms with Crippen LogP contribution in [0.1, 0.15) is 17.0 Å². The van der Waals surface area contributed by atoms with Gasteiger partial charge in [0.2, 0.25) is 0 Å². The van der Waals surface area contributed by atoms with Crippen LogP contribution in [0.2, 0.25) is 0 Å². The van der Waals surface area contributed by atoms with Crippen LogP contribution < -0.4 is 5.32 Å². The van der Waals surface area contributed by atoms with Crippen LogP contribution in [-0.4, -0.2) is 19.2 Å². The molecule has 0 aliphatic heterocycles. The predicted molar refractivity (Wildman–Crippen MR) is 81.7 cm³/mol. The Morgan fingerprint density at radius 1 is 1.33 bits per heavy atom. The zero-order valence-corrected chi connectivity index (χ0v) is 13.0. The summed E-state index contributed by atoms with van der Waals surface area (Å²) in [6, 6.07) is 10.7. The average molecular weight is 303 g/mol. The van der Waals surface area contributed by atoms with Crippen LogP contribution in [0.3, 0.4) is 0 Å². The number of rotatable bonds is 4. The molecule has 0 bridgehead atoms. The molecule has 0 radical (unpaired) electrons. The van der Waals surface area contributed by atoms with Gasteiger partial charge in [0.15, 0.2) is 9.84 Å². The molecule has 110 valence electrons. The maximum atomic E-state index is 11.7. The average Bonchev–Trinajstić information content (AvgIpc) is 2.72. The number of sulfone groups is 1. The van der Waals surface area contributed by atoms with Crippen molar-refractivity contribution in [3.05, 3.63) is 47.3 Å². The number of nitrogens with one attached hydrogen (secondary N) is 1. The molecule has 6 heteroatoms. The molecule has 1 aromatic carbocycles. The van der Waals surface area contributed by atoms with E-state index in [0.29, 0.717) is 17.9 Å². The number of hydrogen-bond donors (Lipinski definition) is 1. The summed E-state index contributed by atoms with van der Waals surface area (Å²) in [4.78, 5) is 0.277. The normalized spacial score (nSPS) is 11.1. The van der Waals surface area contributed by atoms with Gasteiger partial charge in [0.05, 0.1) is 10.6 Å². The van der Waals surface area contributed by atoms with Gasteiger partial charge in [0.1, 0.15) is 11.8 Å². The SMILES string of the molecule is Cc1c(CNc2ccccc2S(C)(=O)=O)cc(C#N)n1C. The van der Waals surface area contributed by atoms with E-state index in [1.807, 2.05) is 24.6 Å². The second-order valence-corrected chi connectivity index (χ2v) is 6.92. The third-order valence-corrected chi connectivity index (χ3v) is 4.67. The molecule has 0 atom stereocenters. The molecule has 0 aliphatic carbocycles. The van der Waals surface area contributed by atoms with Crippen LogP contribution in [-0.2, 0) is 23.4 Å². The van der Waals surface area contributed by atoms with Gasteiger partial charge >= 0.3 is 0 Å². The molecule has 0 spiro atoms. The van der Waals surface area contributed by atoms with E-state index < -0.39 is 9.84 Å². The Kier molecular flexibility index (Phi) is 4.05. The van der Waals surface area contributed by atoms with Gasteiger partial charge in [-0.2, -0.15) is 5.26 Å². The van der Waals surface area contributed by atoms with Crippen LogP contribution >= 0.6 is 0 Å². The smallest absolute Gasteiger partial charge is 0.177 e. The van der Waals surface area contributed by atoms with E-state index in [4.69, 9.17) is 5.26 Å². The molecule has 1 N–H and O–H groups in total. The van der Waals surface area contributed by atoms with Crippen LogP contribution in [0.25, 0.3) is 0 Å². The zero-order chi connectivity index (χ0) is 15.6. The number of para-hydroxylation sites is 1. The maximum absolute atomic E-state index is 11.7. The lowest BCUT2D eigenvalue weighted by Gasteiger charge is -2.10. The molecule has 5 nitrogen and oxygen atoms in total. The van der Waals surface area contributed by atoms with Gasteiger partial charge in [-0.3, -0.25) is 0 Å². The first-order valence-electron chi connectivity index (χ1n) is 6.43. The zero-order valence-electron chi connectivity index (χ0n) is 12.2. The van der Waals surface area contributed by atoms with E-state index in [0.717, 1.165) is 11.3 Å². The highest BCUT2D eigenvalue weighted by Gasteiger charge is 2.13. The van der Waals surface area contributed by atoms with E-state index in [1.54, 1.807) is 24.3 Å². The topological polar surface area (TPSA) is 74.9 Å². The van der Waals surface area contributed by atoms with Gasteiger partial charge < -0.3 is 9.88 Å². The van der Waals surface area contributed by atoms with E-state index in [2.05, 4.69) is 11.4 Å². The van der Waals surface area contributed by atoms with Crippen molar-refractivity contribution in [2.45, 2.75) is 18.4 Å². The lowest BCUT2D eigenvalue weighted by molar-refractivity contribution is 0.602. The van der Waals surface area contributed by atoms with Gasteiger partial charge in [-0.1, -0.05) is 12.1 Å². The highest BCUT2D eigenvalue weighted by atomic mass is 32.2. The Balaban J connectivity index is 2.28. The summed E-state index contributed by atoms with van der Waals surface area (Å²) in [7, 11) is -1.44. The third-order valence-electron chi connectivity index (χ3n) is 3.51. The largest absolute Gasteiger partial charge is 0.380 e. The summed E-state index contributed by atoms with van der Waals surface area (Å²) in [6.45, 7) is 2.40. The first-order chi connectivity index (χ1) is 9.84. The van der Waals surface area contributed by atoms with Gasteiger partial charge in [-0.05, 0) is 30.7 Å². The summed E-state index contributed by atoms with van der Waals surface area (Å²) in [5, 5.41) is 12.2. The quantitative estimate of drug-likeness (QED) is 0.939. The van der Waals surface area contributed by atoms with Gasteiger partial charge in [0.25, 0.3) is 0 Å². The van der Waals surface area contributed by atoms with Gasteiger partial charge in [-0.25, -0.2) is 8.42 Å². The highest BCUT2D eigenvalue weighted by Crippen LogP contribution is 2.22. The molecule has 0 amide bonds. The Hall–Kier alpha value is -2.26. The van der Waals surface area contributed by atoms with Crippen molar-refractivity contribution in [1.29, 1.82) is 5.26 Å². The first-order valence-corrected chi connectivity index (χ1v) is 8.32. The van der Waals surface area contributed by atoms with Gasteiger partial charge in [-0.15, -0.1) is 0 Å². The molecular formula is C15H17N3O2S. The number of hydrogen-bond acceptors (Lipinski definition) is 4.